The predicted molar refractivity (Wildman–Crippen MR) is 85.0 cm³/mol. The summed E-state index contributed by atoms with van der Waals surface area (Å²) >= 11 is 1.78. The van der Waals surface area contributed by atoms with E-state index in [-0.39, 0.29) is 12.7 Å². The maximum absolute atomic E-state index is 12.3. The van der Waals surface area contributed by atoms with Gasteiger partial charge < -0.3 is 14.4 Å². The molecular formula is C17H15NO3S. The van der Waals surface area contributed by atoms with E-state index in [4.69, 9.17) is 9.47 Å². The molecule has 0 saturated carbocycles. The quantitative estimate of drug-likeness (QED) is 0.800. The van der Waals surface area contributed by atoms with Crippen LogP contribution in [0.3, 0.4) is 0 Å². The third-order valence-corrected chi connectivity index (χ3v) is 4.96. The SMILES string of the molecule is O=C(C=Cc1ccc2c(c1)OCO2)N1CCc2sccc2C1. The minimum Gasteiger partial charge on any atom is -0.454 e. The maximum Gasteiger partial charge on any atom is 0.246 e. The number of carbonyl (C=O) groups is 1. The molecule has 4 rings (SSSR count). The summed E-state index contributed by atoms with van der Waals surface area (Å²) in [6, 6.07) is 7.79. The molecule has 4 nitrogen and oxygen atoms in total. The third-order valence-electron chi connectivity index (χ3n) is 3.93. The molecule has 0 spiro atoms. The molecule has 0 fully saturated rings. The highest BCUT2D eigenvalue weighted by atomic mass is 32.1. The van der Waals surface area contributed by atoms with E-state index < -0.39 is 0 Å². The van der Waals surface area contributed by atoms with Gasteiger partial charge in [-0.05, 0) is 47.2 Å². The molecule has 2 aromatic rings. The molecule has 22 heavy (non-hydrogen) atoms. The van der Waals surface area contributed by atoms with Crippen LogP contribution >= 0.6 is 11.3 Å². The standard InChI is InChI=1S/C17H15NO3S/c19-17(18-7-5-16-13(10-18)6-8-22-16)4-2-12-1-3-14-15(9-12)21-11-20-14/h1-4,6,8-9H,5,7,10-11H2. The summed E-state index contributed by atoms with van der Waals surface area (Å²) in [6.07, 6.45) is 4.42. The molecule has 112 valence electrons. The molecule has 0 radical (unpaired) electrons. The molecule has 0 atom stereocenters. The van der Waals surface area contributed by atoms with Crippen LogP contribution in [0.25, 0.3) is 6.08 Å². The van der Waals surface area contributed by atoms with Crippen molar-refractivity contribution in [2.45, 2.75) is 13.0 Å². The van der Waals surface area contributed by atoms with Gasteiger partial charge in [0.1, 0.15) is 0 Å². The van der Waals surface area contributed by atoms with E-state index in [2.05, 4.69) is 11.4 Å². The van der Waals surface area contributed by atoms with Crippen molar-refractivity contribution in [2.24, 2.45) is 0 Å². The molecule has 0 bridgehead atoms. The van der Waals surface area contributed by atoms with Crippen LogP contribution in [0.4, 0.5) is 0 Å². The number of fused-ring (bicyclic) bond motifs is 2. The lowest BCUT2D eigenvalue weighted by molar-refractivity contribution is -0.126. The van der Waals surface area contributed by atoms with Crippen LogP contribution in [0.15, 0.2) is 35.7 Å². The van der Waals surface area contributed by atoms with E-state index in [0.717, 1.165) is 30.0 Å². The topological polar surface area (TPSA) is 38.8 Å². The summed E-state index contributed by atoms with van der Waals surface area (Å²) in [6.45, 7) is 1.76. The fourth-order valence-corrected chi connectivity index (χ4v) is 3.62. The number of benzene rings is 1. The van der Waals surface area contributed by atoms with Crippen LogP contribution in [0.2, 0.25) is 0 Å². The van der Waals surface area contributed by atoms with E-state index in [1.165, 1.54) is 10.4 Å². The number of rotatable bonds is 2. The van der Waals surface area contributed by atoms with E-state index in [9.17, 15) is 4.79 Å². The zero-order valence-corrected chi connectivity index (χ0v) is 12.8. The first-order chi connectivity index (χ1) is 10.8. The van der Waals surface area contributed by atoms with Crippen LogP contribution in [-0.4, -0.2) is 24.1 Å². The van der Waals surface area contributed by atoms with E-state index in [1.54, 1.807) is 17.4 Å². The van der Waals surface area contributed by atoms with Crippen molar-refractivity contribution in [1.82, 2.24) is 4.90 Å². The molecule has 0 aliphatic carbocycles. The van der Waals surface area contributed by atoms with Gasteiger partial charge in [0.25, 0.3) is 0 Å². The number of hydrogen-bond donors (Lipinski definition) is 0. The second kappa shape index (κ2) is 5.50. The minimum atomic E-state index is 0.0505. The summed E-state index contributed by atoms with van der Waals surface area (Å²) in [5.74, 6) is 1.54. The monoisotopic (exact) mass is 313 g/mol. The lowest BCUT2D eigenvalue weighted by Gasteiger charge is -2.25. The summed E-state index contributed by atoms with van der Waals surface area (Å²) in [5.41, 5.74) is 2.21. The Morgan fingerprint density at radius 2 is 2.14 bits per heavy atom. The van der Waals surface area contributed by atoms with Crippen molar-refractivity contribution in [3.8, 4) is 11.5 Å². The van der Waals surface area contributed by atoms with Gasteiger partial charge in [0, 0.05) is 24.0 Å². The Hall–Kier alpha value is -2.27. The zero-order chi connectivity index (χ0) is 14.9. The summed E-state index contributed by atoms with van der Waals surface area (Å²) < 4.78 is 10.6. The van der Waals surface area contributed by atoms with Crippen LogP contribution < -0.4 is 9.47 Å². The molecule has 2 aliphatic heterocycles. The molecule has 0 unspecified atom stereocenters. The highest BCUT2D eigenvalue weighted by Gasteiger charge is 2.19. The lowest BCUT2D eigenvalue weighted by atomic mass is 10.1. The average molecular weight is 313 g/mol. The minimum absolute atomic E-state index is 0.0505. The smallest absolute Gasteiger partial charge is 0.246 e. The van der Waals surface area contributed by atoms with Crippen molar-refractivity contribution in [1.29, 1.82) is 0 Å². The normalized spacial score (nSPS) is 16.1. The average Bonchev–Trinajstić information content (AvgIpc) is 3.19. The second-order valence-corrected chi connectivity index (χ2v) is 6.33. The van der Waals surface area contributed by atoms with Gasteiger partial charge in [0.2, 0.25) is 12.7 Å². The van der Waals surface area contributed by atoms with Crippen LogP contribution in [-0.2, 0) is 17.8 Å². The molecule has 0 N–H and O–H groups in total. The number of nitrogens with zero attached hydrogens (tertiary/aromatic N) is 1. The van der Waals surface area contributed by atoms with Crippen LogP contribution in [0.5, 0.6) is 11.5 Å². The highest BCUT2D eigenvalue weighted by molar-refractivity contribution is 7.10. The van der Waals surface area contributed by atoms with Crippen molar-refractivity contribution >= 4 is 23.3 Å². The van der Waals surface area contributed by atoms with Crippen LogP contribution in [0.1, 0.15) is 16.0 Å². The highest BCUT2D eigenvalue weighted by Crippen LogP contribution is 2.32. The molecule has 5 heteroatoms. The Labute approximate surface area is 132 Å². The van der Waals surface area contributed by atoms with Gasteiger partial charge >= 0.3 is 0 Å². The Balaban J connectivity index is 1.46. The van der Waals surface area contributed by atoms with Gasteiger partial charge in [0.05, 0.1) is 0 Å². The Bertz CT molecular complexity index is 750. The molecule has 1 aromatic heterocycles. The van der Waals surface area contributed by atoms with Gasteiger partial charge in [0.15, 0.2) is 11.5 Å². The third kappa shape index (κ3) is 2.48. The number of carbonyl (C=O) groups excluding carboxylic acids is 1. The lowest BCUT2D eigenvalue weighted by Crippen LogP contribution is -2.34. The summed E-state index contributed by atoms with van der Waals surface area (Å²) in [4.78, 5) is 15.6. The molecule has 0 saturated heterocycles. The molecule has 1 aromatic carbocycles. The van der Waals surface area contributed by atoms with Crippen molar-refractivity contribution in [3.05, 3.63) is 51.7 Å². The summed E-state index contributed by atoms with van der Waals surface area (Å²) in [5, 5.41) is 2.10. The number of ether oxygens (including phenoxy) is 2. The molecule has 3 heterocycles. The number of thiophene rings is 1. The maximum atomic E-state index is 12.3. The largest absolute Gasteiger partial charge is 0.454 e. The first kappa shape index (κ1) is 13.4. The first-order valence-corrected chi connectivity index (χ1v) is 8.09. The van der Waals surface area contributed by atoms with E-state index in [0.29, 0.717) is 6.54 Å². The van der Waals surface area contributed by atoms with Gasteiger partial charge in [-0.2, -0.15) is 0 Å². The fourth-order valence-electron chi connectivity index (χ4n) is 2.73. The molecule has 2 aliphatic rings. The Morgan fingerprint density at radius 1 is 1.23 bits per heavy atom. The van der Waals surface area contributed by atoms with Gasteiger partial charge in [-0.25, -0.2) is 0 Å². The first-order valence-electron chi connectivity index (χ1n) is 7.21. The molecule has 1 amide bonds. The molecular weight excluding hydrogens is 298 g/mol. The Morgan fingerprint density at radius 3 is 3.09 bits per heavy atom. The number of amides is 1. The van der Waals surface area contributed by atoms with E-state index in [1.807, 2.05) is 29.2 Å². The number of hydrogen-bond acceptors (Lipinski definition) is 4. The van der Waals surface area contributed by atoms with Crippen molar-refractivity contribution in [3.63, 3.8) is 0 Å². The Kier molecular flexibility index (Phi) is 3.35. The van der Waals surface area contributed by atoms with Crippen LogP contribution in [0, 0.1) is 0 Å². The van der Waals surface area contributed by atoms with Crippen molar-refractivity contribution < 1.29 is 14.3 Å². The van der Waals surface area contributed by atoms with Crippen molar-refractivity contribution in [2.75, 3.05) is 13.3 Å². The van der Waals surface area contributed by atoms with E-state index >= 15 is 0 Å². The van der Waals surface area contributed by atoms with Gasteiger partial charge in [-0.3, -0.25) is 4.79 Å². The van der Waals surface area contributed by atoms with Gasteiger partial charge in [-0.15, -0.1) is 11.3 Å². The fraction of sp³-hybridized carbons (Fsp3) is 0.235. The predicted octanol–water partition coefficient (Wildman–Crippen LogP) is 3.07. The second-order valence-electron chi connectivity index (χ2n) is 5.32. The van der Waals surface area contributed by atoms with Gasteiger partial charge in [-0.1, -0.05) is 6.07 Å². The zero-order valence-electron chi connectivity index (χ0n) is 12.0. The summed E-state index contributed by atoms with van der Waals surface area (Å²) in [7, 11) is 0.